The Morgan fingerprint density at radius 1 is 1.56 bits per heavy atom. The minimum Gasteiger partial charge on any atom is -0.350 e. The van der Waals surface area contributed by atoms with Gasteiger partial charge in [0, 0.05) is 19.7 Å². The molecule has 0 radical (unpaired) electrons. The number of carbonyl (C=O) groups is 1. The molecule has 1 unspecified atom stereocenters. The molecule has 1 atom stereocenters. The molecule has 18 heavy (non-hydrogen) atoms. The minimum absolute atomic E-state index is 0.105. The summed E-state index contributed by atoms with van der Waals surface area (Å²) < 4.78 is 1.50. The van der Waals surface area contributed by atoms with E-state index in [1.54, 1.807) is 13.1 Å². The van der Waals surface area contributed by atoms with Crippen LogP contribution in [0.1, 0.15) is 50.0 Å². The Morgan fingerprint density at radius 3 is 2.78 bits per heavy atom. The fourth-order valence-electron chi connectivity index (χ4n) is 1.92. The zero-order valence-electron chi connectivity index (χ0n) is 11.4. The highest BCUT2D eigenvalue weighted by atomic mass is 35.5. The Morgan fingerprint density at radius 2 is 2.28 bits per heavy atom. The van der Waals surface area contributed by atoms with Crippen LogP contribution in [0.25, 0.3) is 0 Å². The van der Waals surface area contributed by atoms with Crippen LogP contribution in [-0.4, -0.2) is 22.2 Å². The third-order valence-corrected chi connectivity index (χ3v) is 3.36. The van der Waals surface area contributed by atoms with Crippen molar-refractivity contribution in [2.24, 2.45) is 13.0 Å². The third-order valence-electron chi connectivity index (χ3n) is 3.18. The monoisotopic (exact) mass is 271 g/mol. The van der Waals surface area contributed by atoms with Gasteiger partial charge in [-0.3, -0.25) is 9.48 Å². The van der Waals surface area contributed by atoms with Gasteiger partial charge >= 0.3 is 0 Å². The van der Waals surface area contributed by atoms with Crippen molar-refractivity contribution in [2.75, 3.05) is 6.54 Å². The predicted molar refractivity (Wildman–Crippen MR) is 73.9 cm³/mol. The Kier molecular flexibility index (Phi) is 6.19. The molecule has 0 spiro atoms. The molecule has 4 nitrogen and oxygen atoms in total. The van der Waals surface area contributed by atoms with Gasteiger partial charge in [-0.15, -0.1) is 0 Å². The first kappa shape index (κ1) is 15.0. The van der Waals surface area contributed by atoms with E-state index in [1.807, 2.05) is 0 Å². The summed E-state index contributed by atoms with van der Waals surface area (Å²) >= 11 is 5.76. The van der Waals surface area contributed by atoms with Gasteiger partial charge in [0.2, 0.25) is 0 Å². The molecule has 1 N–H and O–H groups in total. The Hall–Kier alpha value is -1.03. The van der Waals surface area contributed by atoms with E-state index in [-0.39, 0.29) is 5.91 Å². The van der Waals surface area contributed by atoms with Gasteiger partial charge in [0.1, 0.15) is 5.69 Å². The van der Waals surface area contributed by atoms with Crippen molar-refractivity contribution in [3.05, 3.63) is 16.9 Å². The van der Waals surface area contributed by atoms with Gasteiger partial charge in [0.15, 0.2) is 5.15 Å². The molecular formula is C13H22ClN3O. The van der Waals surface area contributed by atoms with Crippen LogP contribution in [0.5, 0.6) is 0 Å². The SMILES string of the molecule is CCCCC(CC)CNC(=O)c1cc(Cl)nn1C. The number of hydrogen-bond acceptors (Lipinski definition) is 2. The lowest BCUT2D eigenvalue weighted by atomic mass is 9.99. The number of amides is 1. The fraction of sp³-hybridized carbons (Fsp3) is 0.692. The van der Waals surface area contributed by atoms with E-state index >= 15 is 0 Å². The van der Waals surface area contributed by atoms with Gasteiger partial charge < -0.3 is 5.32 Å². The maximum atomic E-state index is 11.9. The van der Waals surface area contributed by atoms with Crippen molar-refractivity contribution in [3.63, 3.8) is 0 Å². The van der Waals surface area contributed by atoms with E-state index in [4.69, 9.17) is 11.6 Å². The molecule has 5 heteroatoms. The predicted octanol–water partition coefficient (Wildman–Crippen LogP) is 3.02. The zero-order valence-corrected chi connectivity index (χ0v) is 12.1. The van der Waals surface area contributed by atoms with Crippen LogP contribution in [0.15, 0.2) is 6.07 Å². The van der Waals surface area contributed by atoms with Crippen LogP contribution in [0, 0.1) is 5.92 Å². The molecule has 0 aliphatic rings. The molecule has 0 bridgehead atoms. The molecule has 0 aliphatic heterocycles. The number of hydrogen-bond donors (Lipinski definition) is 1. The van der Waals surface area contributed by atoms with Crippen molar-refractivity contribution in [3.8, 4) is 0 Å². The number of rotatable bonds is 7. The first-order valence-electron chi connectivity index (χ1n) is 6.56. The summed E-state index contributed by atoms with van der Waals surface area (Å²) in [4.78, 5) is 11.9. The molecule has 102 valence electrons. The van der Waals surface area contributed by atoms with Gasteiger partial charge in [0.05, 0.1) is 0 Å². The number of aromatic nitrogens is 2. The van der Waals surface area contributed by atoms with E-state index in [0.29, 0.717) is 16.8 Å². The molecule has 1 heterocycles. The molecule has 0 saturated heterocycles. The highest BCUT2D eigenvalue weighted by Crippen LogP contribution is 2.12. The molecule has 0 fully saturated rings. The first-order valence-corrected chi connectivity index (χ1v) is 6.94. The summed E-state index contributed by atoms with van der Waals surface area (Å²) in [6.07, 6.45) is 4.67. The zero-order chi connectivity index (χ0) is 13.5. The minimum atomic E-state index is -0.105. The molecule has 0 aliphatic carbocycles. The lowest BCUT2D eigenvalue weighted by Crippen LogP contribution is -2.30. The van der Waals surface area contributed by atoms with Crippen LogP contribution in [0.2, 0.25) is 5.15 Å². The van der Waals surface area contributed by atoms with E-state index in [2.05, 4.69) is 24.3 Å². The topological polar surface area (TPSA) is 46.9 Å². The Bertz CT molecular complexity index is 390. The van der Waals surface area contributed by atoms with Crippen LogP contribution in [0.4, 0.5) is 0 Å². The van der Waals surface area contributed by atoms with Gasteiger partial charge in [0.25, 0.3) is 5.91 Å². The van der Waals surface area contributed by atoms with Crippen LogP contribution >= 0.6 is 11.6 Å². The average Bonchev–Trinajstić information content (AvgIpc) is 2.68. The van der Waals surface area contributed by atoms with Crippen LogP contribution < -0.4 is 5.32 Å². The van der Waals surface area contributed by atoms with Gasteiger partial charge in [-0.05, 0) is 12.3 Å². The summed E-state index contributed by atoms with van der Waals surface area (Å²) in [5, 5.41) is 7.25. The van der Waals surface area contributed by atoms with E-state index < -0.39 is 0 Å². The second kappa shape index (κ2) is 7.41. The van der Waals surface area contributed by atoms with Crippen molar-refractivity contribution in [1.82, 2.24) is 15.1 Å². The maximum Gasteiger partial charge on any atom is 0.269 e. The van der Waals surface area contributed by atoms with E-state index in [9.17, 15) is 4.79 Å². The second-order valence-electron chi connectivity index (χ2n) is 4.60. The lowest BCUT2D eigenvalue weighted by Gasteiger charge is -2.15. The molecule has 1 aromatic rings. The van der Waals surface area contributed by atoms with Crippen LogP contribution in [-0.2, 0) is 7.05 Å². The lowest BCUT2D eigenvalue weighted by molar-refractivity contribution is 0.0936. The maximum absolute atomic E-state index is 11.9. The van der Waals surface area contributed by atoms with Crippen molar-refractivity contribution in [1.29, 1.82) is 0 Å². The fourth-order valence-corrected chi connectivity index (χ4v) is 2.13. The molecule has 1 rings (SSSR count). The largest absolute Gasteiger partial charge is 0.350 e. The highest BCUT2D eigenvalue weighted by molar-refractivity contribution is 6.29. The molecule has 1 aromatic heterocycles. The number of aryl methyl sites for hydroxylation is 1. The second-order valence-corrected chi connectivity index (χ2v) is 4.99. The van der Waals surface area contributed by atoms with Gasteiger partial charge in [-0.2, -0.15) is 5.10 Å². The van der Waals surface area contributed by atoms with E-state index in [0.717, 1.165) is 13.0 Å². The van der Waals surface area contributed by atoms with Crippen molar-refractivity contribution in [2.45, 2.75) is 39.5 Å². The Labute approximate surface area is 114 Å². The quantitative estimate of drug-likeness (QED) is 0.829. The number of unbranched alkanes of at least 4 members (excludes halogenated alkanes) is 1. The molecule has 1 amide bonds. The highest BCUT2D eigenvalue weighted by Gasteiger charge is 2.14. The summed E-state index contributed by atoms with van der Waals surface area (Å²) in [6.45, 7) is 5.06. The van der Waals surface area contributed by atoms with Crippen molar-refractivity contribution < 1.29 is 4.79 Å². The van der Waals surface area contributed by atoms with Gasteiger partial charge in [-0.1, -0.05) is 44.7 Å². The standard InChI is InChI=1S/C13H22ClN3O/c1-4-6-7-10(5-2)9-15-13(18)11-8-12(14)16-17(11)3/h8,10H,4-7,9H2,1-3H3,(H,15,18). The summed E-state index contributed by atoms with van der Waals surface area (Å²) in [6, 6.07) is 1.59. The molecule has 0 saturated carbocycles. The Balaban J connectivity index is 2.47. The van der Waals surface area contributed by atoms with E-state index in [1.165, 1.54) is 23.9 Å². The summed E-state index contributed by atoms with van der Waals surface area (Å²) in [5.41, 5.74) is 0.505. The van der Waals surface area contributed by atoms with Crippen molar-refractivity contribution >= 4 is 17.5 Å². The number of nitrogens with zero attached hydrogens (tertiary/aromatic N) is 2. The normalized spacial score (nSPS) is 12.4. The van der Waals surface area contributed by atoms with Gasteiger partial charge in [-0.25, -0.2) is 0 Å². The first-order chi connectivity index (χ1) is 8.58. The molecule has 0 aromatic carbocycles. The summed E-state index contributed by atoms with van der Waals surface area (Å²) in [5.74, 6) is 0.449. The third kappa shape index (κ3) is 4.33. The average molecular weight is 272 g/mol. The smallest absolute Gasteiger partial charge is 0.269 e. The summed E-state index contributed by atoms with van der Waals surface area (Å²) in [7, 11) is 1.72. The number of nitrogens with one attached hydrogen (secondary N) is 1. The number of carbonyl (C=O) groups excluding carboxylic acids is 1. The molecular weight excluding hydrogens is 250 g/mol. The van der Waals surface area contributed by atoms with Crippen LogP contribution in [0.3, 0.4) is 0 Å². The number of halogens is 1.